The average molecular weight is 292 g/mol. The normalized spacial score (nSPS) is 21.4. The molecule has 0 spiro atoms. The molecule has 1 heterocycles. The molecule has 114 valence electrons. The van der Waals surface area contributed by atoms with E-state index in [1.54, 1.807) is 26.0 Å². The van der Waals surface area contributed by atoms with E-state index in [0.717, 1.165) is 0 Å². The van der Waals surface area contributed by atoms with E-state index >= 15 is 0 Å². The molecule has 1 aliphatic rings. The van der Waals surface area contributed by atoms with Crippen molar-refractivity contribution < 1.29 is 14.0 Å². The maximum Gasteiger partial charge on any atom is 0.253 e. The molecule has 0 aromatic heterocycles. The Morgan fingerprint density at radius 2 is 1.90 bits per heavy atom. The van der Waals surface area contributed by atoms with Gasteiger partial charge in [-0.2, -0.15) is 0 Å². The predicted molar refractivity (Wildman–Crippen MR) is 79.5 cm³/mol. The quantitative estimate of drug-likeness (QED) is 0.930. The summed E-state index contributed by atoms with van der Waals surface area (Å²) in [6, 6.07) is 3.88. The second-order valence-electron chi connectivity index (χ2n) is 5.56. The maximum atomic E-state index is 13.4. The Morgan fingerprint density at radius 1 is 1.29 bits per heavy atom. The molecule has 21 heavy (non-hydrogen) atoms. The van der Waals surface area contributed by atoms with Crippen LogP contribution in [0.15, 0.2) is 18.2 Å². The molecule has 4 nitrogen and oxygen atoms in total. The van der Waals surface area contributed by atoms with Gasteiger partial charge < -0.3 is 5.32 Å². The average Bonchev–Trinajstić information content (AvgIpc) is 2.47. The van der Waals surface area contributed by atoms with Crippen LogP contribution in [0, 0.1) is 12.7 Å². The van der Waals surface area contributed by atoms with Gasteiger partial charge in [-0.15, -0.1) is 0 Å². The Morgan fingerprint density at radius 3 is 2.43 bits per heavy atom. The molecule has 1 aromatic rings. The summed E-state index contributed by atoms with van der Waals surface area (Å²) >= 11 is 0. The number of halogens is 1. The fourth-order valence-electron chi connectivity index (χ4n) is 2.77. The summed E-state index contributed by atoms with van der Waals surface area (Å²) in [4.78, 5) is 26.6. The summed E-state index contributed by atoms with van der Waals surface area (Å²) in [6.45, 7) is 7.09. The van der Waals surface area contributed by atoms with Crippen LogP contribution < -0.4 is 10.2 Å². The van der Waals surface area contributed by atoms with E-state index in [1.165, 1.54) is 11.0 Å². The second-order valence-corrected chi connectivity index (χ2v) is 5.56. The number of carbonyl (C=O) groups is 2. The molecule has 0 aliphatic carbocycles. The monoisotopic (exact) mass is 292 g/mol. The number of hydrogen-bond donors (Lipinski definition) is 1. The van der Waals surface area contributed by atoms with E-state index in [9.17, 15) is 14.0 Å². The van der Waals surface area contributed by atoms with Crippen molar-refractivity contribution >= 4 is 17.5 Å². The number of nitrogens with one attached hydrogen (secondary N) is 1. The Labute approximate surface area is 124 Å². The van der Waals surface area contributed by atoms with Gasteiger partial charge in [0.05, 0.1) is 0 Å². The zero-order valence-electron chi connectivity index (χ0n) is 12.9. The van der Waals surface area contributed by atoms with Crippen LogP contribution in [-0.2, 0) is 9.59 Å². The first-order valence-electron chi connectivity index (χ1n) is 7.28. The van der Waals surface area contributed by atoms with Crippen LogP contribution in [0.4, 0.5) is 10.1 Å². The van der Waals surface area contributed by atoms with Gasteiger partial charge in [-0.25, -0.2) is 4.39 Å². The number of benzene rings is 1. The minimum Gasteiger partial charge on any atom is -0.340 e. The number of carbonyl (C=O) groups excluding carboxylic acids is 2. The number of anilines is 1. The topological polar surface area (TPSA) is 49.4 Å². The van der Waals surface area contributed by atoms with E-state index in [4.69, 9.17) is 0 Å². The van der Waals surface area contributed by atoms with Gasteiger partial charge >= 0.3 is 0 Å². The van der Waals surface area contributed by atoms with Gasteiger partial charge in [0.2, 0.25) is 5.91 Å². The van der Waals surface area contributed by atoms with Crippen molar-refractivity contribution in [3.8, 4) is 0 Å². The molecule has 1 unspecified atom stereocenters. The van der Waals surface area contributed by atoms with Gasteiger partial charge in [-0.1, -0.05) is 13.8 Å². The third-order valence-corrected chi connectivity index (χ3v) is 4.38. The first-order valence-corrected chi connectivity index (χ1v) is 7.28. The van der Waals surface area contributed by atoms with Crippen LogP contribution in [0.3, 0.4) is 0 Å². The molecule has 0 radical (unpaired) electrons. The van der Waals surface area contributed by atoms with E-state index in [1.807, 2.05) is 13.8 Å². The third-order valence-electron chi connectivity index (χ3n) is 4.38. The molecule has 1 saturated heterocycles. The molecule has 1 atom stereocenters. The van der Waals surface area contributed by atoms with Crippen LogP contribution in [0.2, 0.25) is 0 Å². The highest BCUT2D eigenvalue weighted by atomic mass is 19.1. The highest BCUT2D eigenvalue weighted by molar-refractivity contribution is 6.10. The van der Waals surface area contributed by atoms with Crippen molar-refractivity contribution in [1.29, 1.82) is 0 Å². The minimum atomic E-state index is -0.869. The first-order chi connectivity index (χ1) is 9.86. The Balaban J connectivity index is 2.50. The summed E-state index contributed by atoms with van der Waals surface area (Å²) in [5.74, 6) is -0.636. The lowest BCUT2D eigenvalue weighted by Crippen LogP contribution is -2.69. The molecule has 1 N–H and O–H groups in total. The molecule has 2 amide bonds. The zero-order chi connectivity index (χ0) is 15.8. The van der Waals surface area contributed by atoms with Crippen LogP contribution in [0.5, 0.6) is 0 Å². The summed E-state index contributed by atoms with van der Waals surface area (Å²) in [7, 11) is 0. The number of aryl methyl sites for hydroxylation is 1. The zero-order valence-corrected chi connectivity index (χ0v) is 12.9. The van der Waals surface area contributed by atoms with Gasteiger partial charge in [0.15, 0.2) is 0 Å². The van der Waals surface area contributed by atoms with E-state index in [0.29, 0.717) is 24.1 Å². The van der Waals surface area contributed by atoms with E-state index in [-0.39, 0.29) is 17.6 Å². The van der Waals surface area contributed by atoms with Crippen molar-refractivity contribution in [2.75, 3.05) is 4.90 Å². The molecule has 1 fully saturated rings. The fraction of sp³-hybridized carbons (Fsp3) is 0.500. The Kier molecular flexibility index (Phi) is 4.03. The van der Waals surface area contributed by atoms with Crippen molar-refractivity contribution in [2.45, 2.75) is 52.1 Å². The number of rotatable bonds is 3. The number of piperazine rings is 1. The SMILES string of the molecule is CCC1(CC)NC(=O)C(C)N(c2ccc(F)c(C)c2)C1=O. The number of nitrogens with zero attached hydrogens (tertiary/aromatic N) is 1. The van der Waals surface area contributed by atoms with Crippen LogP contribution in [0.1, 0.15) is 39.2 Å². The van der Waals surface area contributed by atoms with Gasteiger partial charge in [0.1, 0.15) is 17.4 Å². The van der Waals surface area contributed by atoms with E-state index in [2.05, 4.69) is 5.32 Å². The Bertz CT molecular complexity index is 582. The lowest BCUT2D eigenvalue weighted by Gasteiger charge is -2.44. The van der Waals surface area contributed by atoms with Gasteiger partial charge in [0.25, 0.3) is 5.91 Å². The molecule has 1 aromatic carbocycles. The second kappa shape index (κ2) is 5.47. The highest BCUT2D eigenvalue weighted by Gasteiger charge is 2.47. The third kappa shape index (κ3) is 2.41. The standard InChI is InChI=1S/C16H21FN2O2/c1-5-16(6-2)15(21)19(11(4)14(20)18-16)12-7-8-13(17)10(3)9-12/h7-9,11H,5-6H2,1-4H3,(H,18,20). The van der Waals surface area contributed by atoms with Crippen molar-refractivity contribution in [2.24, 2.45) is 0 Å². The smallest absolute Gasteiger partial charge is 0.253 e. The lowest BCUT2D eigenvalue weighted by molar-refractivity contribution is -0.138. The van der Waals surface area contributed by atoms with E-state index < -0.39 is 11.6 Å². The molecule has 0 bridgehead atoms. The molecule has 2 rings (SSSR count). The predicted octanol–water partition coefficient (Wildman–Crippen LogP) is 2.54. The first kappa shape index (κ1) is 15.5. The van der Waals surface area contributed by atoms with Gasteiger partial charge in [-0.05, 0) is 50.5 Å². The van der Waals surface area contributed by atoms with Crippen LogP contribution in [-0.4, -0.2) is 23.4 Å². The number of hydrogen-bond acceptors (Lipinski definition) is 2. The summed E-state index contributed by atoms with van der Waals surface area (Å²) < 4.78 is 13.4. The van der Waals surface area contributed by atoms with Crippen LogP contribution in [0.25, 0.3) is 0 Å². The summed E-state index contributed by atoms with van der Waals surface area (Å²) in [5.41, 5.74) is 0.149. The maximum absolute atomic E-state index is 13.4. The fourth-order valence-corrected chi connectivity index (χ4v) is 2.77. The summed E-state index contributed by atoms with van der Waals surface area (Å²) in [6.07, 6.45) is 1.05. The van der Waals surface area contributed by atoms with Gasteiger partial charge in [0, 0.05) is 5.69 Å². The van der Waals surface area contributed by atoms with Crippen molar-refractivity contribution in [3.63, 3.8) is 0 Å². The minimum absolute atomic E-state index is 0.134. The molecular weight excluding hydrogens is 271 g/mol. The molecule has 5 heteroatoms. The lowest BCUT2D eigenvalue weighted by atomic mass is 9.87. The highest BCUT2D eigenvalue weighted by Crippen LogP contribution is 2.30. The molecule has 1 aliphatic heterocycles. The van der Waals surface area contributed by atoms with Crippen molar-refractivity contribution in [1.82, 2.24) is 5.32 Å². The van der Waals surface area contributed by atoms with Crippen LogP contribution >= 0.6 is 0 Å². The molecule has 0 saturated carbocycles. The number of amides is 2. The molecular formula is C16H21FN2O2. The van der Waals surface area contributed by atoms with Crippen molar-refractivity contribution in [3.05, 3.63) is 29.6 Å². The van der Waals surface area contributed by atoms with Gasteiger partial charge in [-0.3, -0.25) is 14.5 Å². The Hall–Kier alpha value is -1.91. The summed E-state index contributed by atoms with van der Waals surface area (Å²) in [5, 5.41) is 2.85. The largest absolute Gasteiger partial charge is 0.340 e.